The average Bonchev–Trinajstić information content (AvgIpc) is 2.91. The van der Waals surface area contributed by atoms with E-state index in [0.29, 0.717) is 22.2 Å². The third-order valence-corrected chi connectivity index (χ3v) is 5.58. The van der Waals surface area contributed by atoms with Gasteiger partial charge in [0.1, 0.15) is 4.88 Å². The standard InChI is InChI=1S/C15H17ClN2O2S/c1-8-15(2,5-6-20-8)18-14(19)13-12(17)10-4-3-9(16)7-11(10)21-13/h3-4,7-8H,5-6,17H2,1-2H3,(H,18,19). The normalized spacial score (nSPS) is 25.4. The maximum atomic E-state index is 12.6. The van der Waals surface area contributed by atoms with E-state index in [4.69, 9.17) is 22.1 Å². The minimum Gasteiger partial charge on any atom is -0.397 e. The van der Waals surface area contributed by atoms with Crippen LogP contribution in [0.15, 0.2) is 18.2 Å². The number of anilines is 1. The Morgan fingerprint density at radius 1 is 1.57 bits per heavy atom. The summed E-state index contributed by atoms with van der Waals surface area (Å²) in [5.74, 6) is -0.148. The molecule has 1 amide bonds. The molecule has 0 radical (unpaired) electrons. The van der Waals surface area contributed by atoms with Crippen molar-refractivity contribution in [3.8, 4) is 0 Å². The van der Waals surface area contributed by atoms with Crippen molar-refractivity contribution in [2.24, 2.45) is 0 Å². The Balaban J connectivity index is 1.93. The number of ether oxygens (including phenoxy) is 1. The van der Waals surface area contributed by atoms with Gasteiger partial charge in [-0.25, -0.2) is 0 Å². The van der Waals surface area contributed by atoms with Crippen LogP contribution >= 0.6 is 22.9 Å². The molecule has 6 heteroatoms. The molecule has 2 atom stereocenters. The van der Waals surface area contributed by atoms with E-state index in [1.165, 1.54) is 11.3 Å². The van der Waals surface area contributed by atoms with Crippen LogP contribution in [0.1, 0.15) is 29.9 Å². The van der Waals surface area contributed by atoms with Crippen LogP contribution in [0.5, 0.6) is 0 Å². The molecular weight excluding hydrogens is 308 g/mol. The van der Waals surface area contributed by atoms with Gasteiger partial charge in [0, 0.05) is 21.7 Å². The molecule has 2 unspecified atom stereocenters. The quantitative estimate of drug-likeness (QED) is 0.889. The highest BCUT2D eigenvalue weighted by Crippen LogP contribution is 2.36. The van der Waals surface area contributed by atoms with Gasteiger partial charge in [-0.3, -0.25) is 4.79 Å². The van der Waals surface area contributed by atoms with Gasteiger partial charge in [-0.15, -0.1) is 11.3 Å². The van der Waals surface area contributed by atoms with Crippen molar-refractivity contribution in [3.05, 3.63) is 28.1 Å². The molecule has 0 spiro atoms. The first-order valence-electron chi connectivity index (χ1n) is 6.82. The molecule has 0 aliphatic carbocycles. The summed E-state index contributed by atoms with van der Waals surface area (Å²) in [6, 6.07) is 5.46. The molecule has 112 valence electrons. The van der Waals surface area contributed by atoms with E-state index in [0.717, 1.165) is 16.5 Å². The summed E-state index contributed by atoms with van der Waals surface area (Å²) >= 11 is 7.35. The van der Waals surface area contributed by atoms with Crippen molar-refractivity contribution < 1.29 is 9.53 Å². The van der Waals surface area contributed by atoms with Crippen molar-refractivity contribution in [2.75, 3.05) is 12.3 Å². The number of fused-ring (bicyclic) bond motifs is 1. The minimum absolute atomic E-state index is 0.00787. The topological polar surface area (TPSA) is 64.3 Å². The zero-order valence-corrected chi connectivity index (χ0v) is 13.5. The van der Waals surface area contributed by atoms with Gasteiger partial charge in [0.05, 0.1) is 17.3 Å². The van der Waals surface area contributed by atoms with Crippen molar-refractivity contribution in [3.63, 3.8) is 0 Å². The first-order valence-corrected chi connectivity index (χ1v) is 8.02. The largest absolute Gasteiger partial charge is 0.397 e. The molecule has 21 heavy (non-hydrogen) atoms. The number of thiophene rings is 1. The van der Waals surface area contributed by atoms with Crippen LogP contribution in [-0.2, 0) is 4.74 Å². The van der Waals surface area contributed by atoms with Gasteiger partial charge in [-0.05, 0) is 38.5 Å². The highest BCUT2D eigenvalue weighted by molar-refractivity contribution is 7.21. The van der Waals surface area contributed by atoms with E-state index in [1.54, 1.807) is 6.07 Å². The number of carbonyl (C=O) groups is 1. The lowest BCUT2D eigenvalue weighted by atomic mass is 9.94. The maximum Gasteiger partial charge on any atom is 0.264 e. The predicted molar refractivity (Wildman–Crippen MR) is 87.1 cm³/mol. The first kappa shape index (κ1) is 14.6. The van der Waals surface area contributed by atoms with E-state index in [9.17, 15) is 4.79 Å². The number of carbonyl (C=O) groups excluding carboxylic acids is 1. The van der Waals surface area contributed by atoms with Gasteiger partial charge in [0.15, 0.2) is 0 Å². The maximum absolute atomic E-state index is 12.6. The summed E-state index contributed by atoms with van der Waals surface area (Å²) in [5, 5.41) is 4.58. The smallest absolute Gasteiger partial charge is 0.264 e. The van der Waals surface area contributed by atoms with E-state index in [1.807, 2.05) is 26.0 Å². The van der Waals surface area contributed by atoms with E-state index in [2.05, 4.69) is 5.32 Å². The Morgan fingerprint density at radius 3 is 3.00 bits per heavy atom. The van der Waals surface area contributed by atoms with E-state index < -0.39 is 0 Å². The van der Waals surface area contributed by atoms with Crippen molar-refractivity contribution in [2.45, 2.75) is 31.9 Å². The van der Waals surface area contributed by atoms with Gasteiger partial charge in [-0.2, -0.15) is 0 Å². The highest BCUT2D eigenvalue weighted by atomic mass is 35.5. The number of hydrogen-bond donors (Lipinski definition) is 2. The number of rotatable bonds is 2. The third-order valence-electron chi connectivity index (χ3n) is 4.18. The lowest BCUT2D eigenvalue weighted by Gasteiger charge is -2.28. The van der Waals surface area contributed by atoms with Gasteiger partial charge in [0.25, 0.3) is 5.91 Å². The zero-order chi connectivity index (χ0) is 15.2. The summed E-state index contributed by atoms with van der Waals surface area (Å²) in [5.41, 5.74) is 6.28. The zero-order valence-electron chi connectivity index (χ0n) is 11.9. The Labute approximate surface area is 132 Å². The van der Waals surface area contributed by atoms with Crippen LogP contribution in [0.3, 0.4) is 0 Å². The SMILES string of the molecule is CC1OCCC1(C)NC(=O)c1sc2cc(Cl)ccc2c1N. The first-order chi connectivity index (χ1) is 9.90. The molecular formula is C15H17ClN2O2S. The van der Waals surface area contributed by atoms with Gasteiger partial charge in [-0.1, -0.05) is 11.6 Å². The molecule has 2 heterocycles. The Hall–Kier alpha value is -1.30. The van der Waals surface area contributed by atoms with Crippen molar-refractivity contribution in [1.82, 2.24) is 5.32 Å². The molecule has 2 aromatic rings. The lowest BCUT2D eigenvalue weighted by Crippen LogP contribution is -2.50. The second-order valence-electron chi connectivity index (χ2n) is 5.62. The molecule has 4 nitrogen and oxygen atoms in total. The molecule has 3 N–H and O–H groups in total. The molecule has 1 saturated heterocycles. The average molecular weight is 325 g/mol. The summed E-state index contributed by atoms with van der Waals surface area (Å²) in [6.07, 6.45) is 0.794. The van der Waals surface area contributed by atoms with Crippen LogP contribution in [-0.4, -0.2) is 24.2 Å². The fraction of sp³-hybridized carbons (Fsp3) is 0.400. The predicted octanol–water partition coefficient (Wildman–Crippen LogP) is 3.43. The fourth-order valence-electron chi connectivity index (χ4n) is 2.57. The van der Waals surface area contributed by atoms with Crippen LogP contribution in [0.2, 0.25) is 5.02 Å². The Morgan fingerprint density at radius 2 is 2.33 bits per heavy atom. The number of halogens is 1. The summed E-state index contributed by atoms with van der Waals surface area (Å²) in [4.78, 5) is 13.1. The third kappa shape index (κ3) is 2.50. The number of nitrogens with one attached hydrogen (secondary N) is 1. The van der Waals surface area contributed by atoms with E-state index >= 15 is 0 Å². The minimum atomic E-state index is -0.350. The number of amides is 1. The molecule has 1 aromatic carbocycles. The second kappa shape index (κ2) is 5.16. The highest BCUT2D eigenvalue weighted by Gasteiger charge is 2.39. The van der Waals surface area contributed by atoms with E-state index in [-0.39, 0.29) is 17.6 Å². The molecule has 0 saturated carbocycles. The van der Waals surface area contributed by atoms with Gasteiger partial charge < -0.3 is 15.8 Å². The molecule has 1 aliphatic heterocycles. The number of nitrogens with two attached hydrogens (primary N) is 1. The van der Waals surface area contributed by atoms with Crippen molar-refractivity contribution in [1.29, 1.82) is 0 Å². The number of nitrogen functional groups attached to an aromatic ring is 1. The Bertz CT molecular complexity index is 715. The van der Waals surface area contributed by atoms with Crippen LogP contribution in [0.25, 0.3) is 10.1 Å². The Kier molecular flexibility index (Phi) is 3.59. The van der Waals surface area contributed by atoms with Crippen LogP contribution in [0.4, 0.5) is 5.69 Å². The van der Waals surface area contributed by atoms with Gasteiger partial charge in [0.2, 0.25) is 0 Å². The van der Waals surface area contributed by atoms with Crippen LogP contribution in [0, 0.1) is 0 Å². The number of benzene rings is 1. The summed E-state index contributed by atoms with van der Waals surface area (Å²) < 4.78 is 6.47. The molecule has 1 fully saturated rings. The van der Waals surface area contributed by atoms with Crippen molar-refractivity contribution >= 4 is 44.6 Å². The molecule has 1 aromatic heterocycles. The second-order valence-corrected chi connectivity index (χ2v) is 7.11. The summed E-state index contributed by atoms with van der Waals surface area (Å²) in [7, 11) is 0. The van der Waals surface area contributed by atoms with Gasteiger partial charge >= 0.3 is 0 Å². The lowest BCUT2D eigenvalue weighted by molar-refractivity contribution is 0.0731. The van der Waals surface area contributed by atoms with Crippen LogP contribution < -0.4 is 11.1 Å². The summed E-state index contributed by atoms with van der Waals surface area (Å²) in [6.45, 7) is 4.64. The fourth-order valence-corrected chi connectivity index (χ4v) is 3.87. The number of hydrogen-bond acceptors (Lipinski definition) is 4. The molecule has 3 rings (SSSR count). The monoisotopic (exact) mass is 324 g/mol. The molecule has 0 bridgehead atoms. The molecule has 1 aliphatic rings.